The molecule has 5 nitrogen and oxygen atoms in total. The Kier molecular flexibility index (Phi) is 4.78. The fraction of sp³-hybridized carbons (Fsp3) is 0.176. The van der Waals surface area contributed by atoms with Crippen molar-refractivity contribution in [1.29, 1.82) is 0 Å². The first-order chi connectivity index (χ1) is 10.5. The number of carbonyl (C=O) groups is 2. The Bertz CT molecular complexity index is 656. The highest BCUT2D eigenvalue weighted by molar-refractivity contribution is 5.94. The number of hydrogen-bond donors (Lipinski definition) is 2. The molecule has 0 bridgehead atoms. The minimum absolute atomic E-state index is 0.00960. The van der Waals surface area contributed by atoms with Crippen molar-refractivity contribution in [2.45, 2.75) is 12.8 Å². The van der Waals surface area contributed by atoms with Crippen LogP contribution in [0.25, 0.3) is 0 Å². The highest BCUT2D eigenvalue weighted by Gasteiger charge is 2.11. The summed E-state index contributed by atoms with van der Waals surface area (Å²) >= 11 is 0. The zero-order chi connectivity index (χ0) is 16.1. The van der Waals surface area contributed by atoms with Crippen LogP contribution in [-0.4, -0.2) is 29.3 Å². The summed E-state index contributed by atoms with van der Waals surface area (Å²) in [5.41, 5.74) is 1.74. The molecule has 2 N–H and O–H groups in total. The number of ether oxygens (including phenoxy) is 1. The fourth-order valence-corrected chi connectivity index (χ4v) is 2.16. The molecule has 0 atom stereocenters. The summed E-state index contributed by atoms with van der Waals surface area (Å²) in [5, 5.41) is 18.1. The monoisotopic (exact) mass is 300 g/mol. The second-order valence-corrected chi connectivity index (χ2v) is 4.88. The molecule has 114 valence electrons. The smallest absolute Gasteiger partial charge is 0.335 e. The van der Waals surface area contributed by atoms with Crippen LogP contribution in [0.1, 0.15) is 31.8 Å². The van der Waals surface area contributed by atoms with Crippen molar-refractivity contribution in [2.24, 2.45) is 0 Å². The van der Waals surface area contributed by atoms with E-state index in [-0.39, 0.29) is 11.1 Å². The van der Waals surface area contributed by atoms with Crippen LogP contribution in [0.4, 0.5) is 0 Å². The SMILES string of the molecule is COc1ccc(CCc2cc(C(=O)O)cc(C(=O)O)c2)cc1. The second-order valence-electron chi connectivity index (χ2n) is 4.88. The fourth-order valence-electron chi connectivity index (χ4n) is 2.16. The van der Waals surface area contributed by atoms with Crippen LogP contribution in [0, 0.1) is 0 Å². The van der Waals surface area contributed by atoms with Crippen LogP contribution in [0.15, 0.2) is 42.5 Å². The van der Waals surface area contributed by atoms with E-state index in [0.29, 0.717) is 18.4 Å². The highest BCUT2D eigenvalue weighted by Crippen LogP contribution is 2.16. The maximum atomic E-state index is 11.1. The third kappa shape index (κ3) is 3.85. The van der Waals surface area contributed by atoms with Crippen molar-refractivity contribution in [1.82, 2.24) is 0 Å². The van der Waals surface area contributed by atoms with Crippen LogP contribution < -0.4 is 4.74 Å². The van der Waals surface area contributed by atoms with Gasteiger partial charge in [-0.25, -0.2) is 9.59 Å². The van der Waals surface area contributed by atoms with Crippen molar-refractivity contribution in [3.05, 3.63) is 64.7 Å². The molecule has 2 rings (SSSR count). The zero-order valence-corrected chi connectivity index (χ0v) is 12.1. The molecule has 2 aromatic carbocycles. The second kappa shape index (κ2) is 6.76. The minimum atomic E-state index is -1.13. The summed E-state index contributed by atoms with van der Waals surface area (Å²) in [5.74, 6) is -1.49. The van der Waals surface area contributed by atoms with Crippen LogP contribution >= 0.6 is 0 Å². The highest BCUT2D eigenvalue weighted by atomic mass is 16.5. The lowest BCUT2D eigenvalue weighted by Crippen LogP contribution is -2.05. The van der Waals surface area contributed by atoms with Gasteiger partial charge in [-0.3, -0.25) is 0 Å². The van der Waals surface area contributed by atoms with Gasteiger partial charge in [0.2, 0.25) is 0 Å². The first kappa shape index (κ1) is 15.6. The molecule has 0 aromatic heterocycles. The molecule has 0 saturated heterocycles. The van der Waals surface area contributed by atoms with Crippen LogP contribution in [0.2, 0.25) is 0 Å². The van der Waals surface area contributed by atoms with Gasteiger partial charge in [-0.2, -0.15) is 0 Å². The number of aromatic carboxylic acids is 2. The Morgan fingerprint density at radius 1 is 0.864 bits per heavy atom. The van der Waals surface area contributed by atoms with Crippen molar-refractivity contribution < 1.29 is 24.5 Å². The summed E-state index contributed by atoms with van der Waals surface area (Å²) in [4.78, 5) is 22.1. The molecule has 2 aromatic rings. The largest absolute Gasteiger partial charge is 0.497 e. The molecule has 5 heteroatoms. The molecule has 0 fully saturated rings. The Hall–Kier alpha value is -2.82. The van der Waals surface area contributed by atoms with E-state index in [1.54, 1.807) is 7.11 Å². The van der Waals surface area contributed by atoms with Gasteiger partial charge in [0.1, 0.15) is 5.75 Å². The predicted molar refractivity (Wildman–Crippen MR) is 80.8 cm³/mol. The van der Waals surface area contributed by atoms with E-state index in [0.717, 1.165) is 11.3 Å². The number of methoxy groups -OCH3 is 1. The molecule has 0 spiro atoms. The van der Waals surface area contributed by atoms with Crippen molar-refractivity contribution in [3.8, 4) is 5.75 Å². The standard InChI is InChI=1S/C17H16O5/c1-22-15-6-4-11(5-7-15)2-3-12-8-13(16(18)19)10-14(9-12)17(20)21/h4-10H,2-3H2,1H3,(H,18,19)(H,20,21). The molecule has 0 amide bonds. The molecular weight excluding hydrogens is 284 g/mol. The van der Waals surface area contributed by atoms with Gasteiger partial charge in [-0.05, 0) is 54.3 Å². The van der Waals surface area contributed by atoms with Gasteiger partial charge in [-0.15, -0.1) is 0 Å². The first-order valence-corrected chi connectivity index (χ1v) is 6.73. The van der Waals surface area contributed by atoms with E-state index in [9.17, 15) is 9.59 Å². The third-order valence-corrected chi connectivity index (χ3v) is 3.35. The van der Waals surface area contributed by atoms with E-state index >= 15 is 0 Å². The Labute approximate surface area is 127 Å². The molecular formula is C17H16O5. The van der Waals surface area contributed by atoms with Gasteiger partial charge in [0, 0.05) is 0 Å². The molecule has 0 radical (unpaired) electrons. The molecule has 0 aliphatic rings. The number of carboxylic acids is 2. The summed E-state index contributed by atoms with van der Waals surface area (Å²) in [7, 11) is 1.60. The maximum Gasteiger partial charge on any atom is 0.335 e. The Morgan fingerprint density at radius 3 is 1.82 bits per heavy atom. The first-order valence-electron chi connectivity index (χ1n) is 6.73. The maximum absolute atomic E-state index is 11.1. The van der Waals surface area contributed by atoms with Gasteiger partial charge in [0.05, 0.1) is 18.2 Å². The predicted octanol–water partition coefficient (Wildman–Crippen LogP) is 2.88. The zero-order valence-electron chi connectivity index (χ0n) is 12.1. The molecule has 0 unspecified atom stereocenters. The number of hydrogen-bond acceptors (Lipinski definition) is 3. The molecule has 0 aliphatic heterocycles. The summed E-state index contributed by atoms with van der Waals surface area (Å²) in [6, 6.07) is 11.8. The summed E-state index contributed by atoms with van der Waals surface area (Å²) in [6.07, 6.45) is 1.25. The quantitative estimate of drug-likeness (QED) is 0.857. The Balaban J connectivity index is 2.17. The van der Waals surface area contributed by atoms with Crippen LogP contribution in [0.5, 0.6) is 5.75 Å². The Morgan fingerprint density at radius 2 is 1.36 bits per heavy atom. The lowest BCUT2D eigenvalue weighted by molar-refractivity contribution is 0.0696. The molecule has 22 heavy (non-hydrogen) atoms. The average Bonchev–Trinajstić information content (AvgIpc) is 2.53. The van der Waals surface area contributed by atoms with Gasteiger partial charge >= 0.3 is 11.9 Å². The topological polar surface area (TPSA) is 83.8 Å². The third-order valence-electron chi connectivity index (χ3n) is 3.35. The number of benzene rings is 2. The number of rotatable bonds is 6. The van der Waals surface area contributed by atoms with Crippen LogP contribution in [-0.2, 0) is 12.8 Å². The molecule has 0 aliphatic carbocycles. The lowest BCUT2D eigenvalue weighted by atomic mass is 9.99. The van der Waals surface area contributed by atoms with Gasteiger partial charge in [-0.1, -0.05) is 12.1 Å². The van der Waals surface area contributed by atoms with E-state index in [4.69, 9.17) is 14.9 Å². The van der Waals surface area contributed by atoms with E-state index in [2.05, 4.69) is 0 Å². The average molecular weight is 300 g/mol. The van der Waals surface area contributed by atoms with Gasteiger partial charge < -0.3 is 14.9 Å². The summed E-state index contributed by atoms with van der Waals surface area (Å²) in [6.45, 7) is 0. The van der Waals surface area contributed by atoms with Crippen molar-refractivity contribution in [2.75, 3.05) is 7.11 Å². The van der Waals surface area contributed by atoms with E-state index in [1.165, 1.54) is 18.2 Å². The molecule has 0 saturated carbocycles. The number of aryl methyl sites for hydroxylation is 2. The van der Waals surface area contributed by atoms with E-state index in [1.807, 2.05) is 24.3 Å². The van der Waals surface area contributed by atoms with Crippen molar-refractivity contribution >= 4 is 11.9 Å². The molecule has 0 heterocycles. The van der Waals surface area contributed by atoms with Gasteiger partial charge in [0.15, 0.2) is 0 Å². The van der Waals surface area contributed by atoms with E-state index < -0.39 is 11.9 Å². The van der Waals surface area contributed by atoms with Gasteiger partial charge in [0.25, 0.3) is 0 Å². The summed E-state index contributed by atoms with van der Waals surface area (Å²) < 4.78 is 5.09. The van der Waals surface area contributed by atoms with Crippen LogP contribution in [0.3, 0.4) is 0 Å². The minimum Gasteiger partial charge on any atom is -0.497 e. The lowest BCUT2D eigenvalue weighted by Gasteiger charge is -2.07. The normalized spacial score (nSPS) is 10.2. The number of carboxylic acid groups (broad SMARTS) is 2. The van der Waals surface area contributed by atoms with Crippen molar-refractivity contribution in [3.63, 3.8) is 0 Å².